The fourth-order valence-corrected chi connectivity index (χ4v) is 2.34. The molecule has 5 heteroatoms. The van der Waals surface area contributed by atoms with Crippen molar-refractivity contribution in [3.05, 3.63) is 46.2 Å². The lowest BCUT2D eigenvalue weighted by molar-refractivity contribution is 0.397. The van der Waals surface area contributed by atoms with Crippen LogP contribution in [0, 0.1) is 0 Å². The Hall–Kier alpha value is -1.23. The maximum absolute atomic E-state index is 9.84. The van der Waals surface area contributed by atoms with Crippen molar-refractivity contribution < 1.29 is 9.84 Å². The van der Waals surface area contributed by atoms with E-state index in [9.17, 15) is 5.11 Å². The number of methoxy groups -OCH3 is 1. The van der Waals surface area contributed by atoms with Crippen LogP contribution in [0.2, 0.25) is 0 Å². The number of rotatable bonds is 3. The molecule has 0 aliphatic carbocycles. The number of nitrogens with two attached hydrogens (primary N) is 1. The minimum atomic E-state index is -0.359. The van der Waals surface area contributed by atoms with Crippen molar-refractivity contribution in [2.45, 2.75) is 6.04 Å². The van der Waals surface area contributed by atoms with Gasteiger partial charge in [-0.1, -0.05) is 6.07 Å². The van der Waals surface area contributed by atoms with E-state index in [0.29, 0.717) is 11.3 Å². The van der Waals surface area contributed by atoms with E-state index >= 15 is 0 Å². The van der Waals surface area contributed by atoms with Crippen LogP contribution in [0.15, 0.2) is 35.0 Å². The zero-order valence-corrected chi connectivity index (χ0v) is 10.9. The lowest BCUT2D eigenvalue weighted by Gasteiger charge is -2.16. The number of benzene rings is 1. The summed E-state index contributed by atoms with van der Waals surface area (Å²) in [6.07, 6.45) is 0. The zero-order chi connectivity index (χ0) is 11.5. The predicted octanol–water partition coefficient (Wildman–Crippen LogP) is 2.93. The SMILES string of the molecule is COc1cccc(O)c1[C@@H](N)c1ccsc1.Cl. The maximum Gasteiger partial charge on any atom is 0.127 e. The molecular weight excluding hydrogens is 258 g/mol. The first kappa shape index (κ1) is 13.8. The third-order valence-electron chi connectivity index (χ3n) is 2.48. The van der Waals surface area contributed by atoms with Gasteiger partial charge in [-0.05, 0) is 34.5 Å². The molecule has 0 bridgehead atoms. The molecular formula is C12H14ClNO2S. The summed E-state index contributed by atoms with van der Waals surface area (Å²) in [5.41, 5.74) is 7.71. The summed E-state index contributed by atoms with van der Waals surface area (Å²) < 4.78 is 5.21. The van der Waals surface area contributed by atoms with Crippen molar-refractivity contribution in [3.8, 4) is 11.5 Å². The Morgan fingerprint density at radius 2 is 2.12 bits per heavy atom. The fourth-order valence-electron chi connectivity index (χ4n) is 1.64. The predicted molar refractivity (Wildman–Crippen MR) is 72.3 cm³/mol. The number of phenolic OH excluding ortho intramolecular Hbond substituents is 1. The number of ether oxygens (including phenoxy) is 1. The highest BCUT2D eigenvalue weighted by Gasteiger charge is 2.18. The summed E-state index contributed by atoms with van der Waals surface area (Å²) in [5.74, 6) is 0.775. The minimum Gasteiger partial charge on any atom is -0.507 e. The molecule has 1 aromatic carbocycles. The highest BCUT2D eigenvalue weighted by molar-refractivity contribution is 7.08. The van der Waals surface area contributed by atoms with Crippen LogP contribution in [-0.4, -0.2) is 12.2 Å². The number of thiophene rings is 1. The van der Waals surface area contributed by atoms with Crippen LogP contribution < -0.4 is 10.5 Å². The molecule has 2 aromatic rings. The summed E-state index contributed by atoms with van der Waals surface area (Å²) in [6.45, 7) is 0. The normalized spacial score (nSPS) is 11.6. The van der Waals surface area contributed by atoms with E-state index in [1.807, 2.05) is 16.8 Å². The Kier molecular flexibility index (Phi) is 4.81. The first-order valence-electron chi connectivity index (χ1n) is 4.87. The third kappa shape index (κ3) is 2.72. The highest BCUT2D eigenvalue weighted by atomic mass is 35.5. The molecule has 0 spiro atoms. The van der Waals surface area contributed by atoms with E-state index < -0.39 is 0 Å². The van der Waals surface area contributed by atoms with Crippen molar-refractivity contribution >= 4 is 23.7 Å². The van der Waals surface area contributed by atoms with Crippen LogP contribution in [-0.2, 0) is 0 Å². The van der Waals surface area contributed by atoms with E-state index in [-0.39, 0.29) is 24.2 Å². The Balaban J connectivity index is 0.00000144. The number of phenols is 1. The Morgan fingerprint density at radius 1 is 1.35 bits per heavy atom. The molecule has 92 valence electrons. The monoisotopic (exact) mass is 271 g/mol. The molecule has 1 atom stereocenters. The van der Waals surface area contributed by atoms with Crippen molar-refractivity contribution in [1.29, 1.82) is 0 Å². The number of hydrogen-bond acceptors (Lipinski definition) is 4. The Bertz CT molecular complexity index is 473. The average Bonchev–Trinajstić information content (AvgIpc) is 2.81. The van der Waals surface area contributed by atoms with Gasteiger partial charge in [0, 0.05) is 0 Å². The molecule has 0 unspecified atom stereocenters. The van der Waals surface area contributed by atoms with Gasteiger partial charge in [-0.15, -0.1) is 12.4 Å². The quantitative estimate of drug-likeness (QED) is 0.902. The van der Waals surface area contributed by atoms with E-state index in [1.54, 1.807) is 36.6 Å². The molecule has 2 rings (SSSR count). The highest BCUT2D eigenvalue weighted by Crippen LogP contribution is 2.35. The topological polar surface area (TPSA) is 55.5 Å². The molecule has 3 N–H and O–H groups in total. The van der Waals surface area contributed by atoms with E-state index in [2.05, 4.69) is 0 Å². The van der Waals surface area contributed by atoms with Gasteiger partial charge >= 0.3 is 0 Å². The lowest BCUT2D eigenvalue weighted by atomic mass is 10.0. The Labute approximate surface area is 110 Å². The number of hydrogen-bond donors (Lipinski definition) is 2. The van der Waals surface area contributed by atoms with Crippen LogP contribution in [0.3, 0.4) is 0 Å². The van der Waals surface area contributed by atoms with E-state index in [4.69, 9.17) is 10.5 Å². The molecule has 1 aromatic heterocycles. The van der Waals surface area contributed by atoms with Crippen molar-refractivity contribution in [2.24, 2.45) is 5.73 Å². The van der Waals surface area contributed by atoms with Gasteiger partial charge in [0.2, 0.25) is 0 Å². The van der Waals surface area contributed by atoms with Gasteiger partial charge in [-0.3, -0.25) is 0 Å². The zero-order valence-electron chi connectivity index (χ0n) is 9.29. The first-order chi connectivity index (χ1) is 7.74. The molecule has 17 heavy (non-hydrogen) atoms. The second kappa shape index (κ2) is 5.91. The third-order valence-corrected chi connectivity index (χ3v) is 3.18. The van der Waals surface area contributed by atoms with Crippen LogP contribution >= 0.6 is 23.7 Å². The molecule has 1 heterocycles. The lowest BCUT2D eigenvalue weighted by Crippen LogP contribution is -2.12. The van der Waals surface area contributed by atoms with Gasteiger partial charge in [0.15, 0.2) is 0 Å². The summed E-state index contributed by atoms with van der Waals surface area (Å²) in [4.78, 5) is 0. The maximum atomic E-state index is 9.84. The minimum absolute atomic E-state index is 0. The number of halogens is 1. The van der Waals surface area contributed by atoms with Gasteiger partial charge in [0.05, 0.1) is 18.7 Å². The molecule has 0 saturated heterocycles. The standard InChI is InChI=1S/C12H13NO2S.ClH/c1-15-10-4-2-3-9(14)11(10)12(13)8-5-6-16-7-8;/h2-7,12,14H,13H2,1H3;1H/t12-;/m0./s1. The van der Waals surface area contributed by atoms with Gasteiger partial charge in [-0.2, -0.15) is 11.3 Å². The van der Waals surface area contributed by atoms with Crippen LogP contribution in [0.4, 0.5) is 0 Å². The molecule has 0 amide bonds. The molecule has 3 nitrogen and oxygen atoms in total. The van der Waals surface area contributed by atoms with Gasteiger partial charge in [-0.25, -0.2) is 0 Å². The summed E-state index contributed by atoms with van der Waals surface area (Å²) in [6, 6.07) is 6.73. The summed E-state index contributed by atoms with van der Waals surface area (Å²) in [7, 11) is 1.57. The van der Waals surface area contributed by atoms with Crippen LogP contribution in [0.25, 0.3) is 0 Å². The van der Waals surface area contributed by atoms with Crippen molar-refractivity contribution in [1.82, 2.24) is 0 Å². The second-order valence-corrected chi connectivity index (χ2v) is 4.21. The second-order valence-electron chi connectivity index (χ2n) is 3.43. The Morgan fingerprint density at radius 3 is 2.71 bits per heavy atom. The van der Waals surface area contributed by atoms with Gasteiger partial charge in [0.1, 0.15) is 11.5 Å². The van der Waals surface area contributed by atoms with Crippen molar-refractivity contribution in [3.63, 3.8) is 0 Å². The van der Waals surface area contributed by atoms with Gasteiger partial charge in [0.25, 0.3) is 0 Å². The largest absolute Gasteiger partial charge is 0.507 e. The first-order valence-corrected chi connectivity index (χ1v) is 5.82. The van der Waals surface area contributed by atoms with Crippen LogP contribution in [0.5, 0.6) is 11.5 Å². The van der Waals surface area contributed by atoms with Crippen molar-refractivity contribution in [2.75, 3.05) is 7.11 Å². The van der Waals surface area contributed by atoms with E-state index in [0.717, 1.165) is 5.56 Å². The molecule has 0 aliphatic heterocycles. The smallest absolute Gasteiger partial charge is 0.127 e. The molecule has 0 fully saturated rings. The summed E-state index contributed by atoms with van der Waals surface area (Å²) in [5, 5.41) is 13.8. The molecule has 0 aliphatic rings. The van der Waals surface area contributed by atoms with E-state index in [1.165, 1.54) is 0 Å². The summed E-state index contributed by atoms with van der Waals surface area (Å²) >= 11 is 1.58. The number of aromatic hydroxyl groups is 1. The molecule has 0 radical (unpaired) electrons. The fraction of sp³-hybridized carbons (Fsp3) is 0.167. The van der Waals surface area contributed by atoms with Gasteiger partial charge < -0.3 is 15.6 Å². The molecule has 0 saturated carbocycles. The average molecular weight is 272 g/mol. The van der Waals surface area contributed by atoms with Crippen LogP contribution in [0.1, 0.15) is 17.2 Å².